The summed E-state index contributed by atoms with van der Waals surface area (Å²) < 4.78 is 17.3. The third-order valence-electron chi connectivity index (χ3n) is 5.51. The van der Waals surface area contributed by atoms with Gasteiger partial charge in [0.1, 0.15) is 18.1 Å². The number of hydrogen-bond acceptors (Lipinski definition) is 4. The zero-order valence-electron chi connectivity index (χ0n) is 17.0. The van der Waals surface area contributed by atoms with E-state index >= 15 is 0 Å². The molecule has 5 nitrogen and oxygen atoms in total. The largest absolute Gasteiger partial charge is 0.493 e. The lowest BCUT2D eigenvalue weighted by Crippen LogP contribution is -2.21. The fraction of sp³-hybridized carbons (Fsp3) is 0.375. The Morgan fingerprint density at radius 1 is 1.03 bits per heavy atom. The van der Waals surface area contributed by atoms with E-state index < -0.39 is 0 Å². The molecule has 0 radical (unpaired) electrons. The second-order valence-corrected chi connectivity index (χ2v) is 7.74. The first-order valence-electron chi connectivity index (χ1n) is 10.2. The lowest BCUT2D eigenvalue weighted by Gasteiger charge is -2.22. The predicted octanol–water partition coefficient (Wildman–Crippen LogP) is 4.53. The van der Waals surface area contributed by atoms with E-state index in [0.29, 0.717) is 24.7 Å². The van der Waals surface area contributed by atoms with Crippen LogP contribution in [-0.2, 0) is 11.3 Å². The molecule has 2 aromatic carbocycles. The van der Waals surface area contributed by atoms with Gasteiger partial charge in [-0.2, -0.15) is 0 Å². The highest BCUT2D eigenvalue weighted by molar-refractivity contribution is 5.80. The average molecular weight is 393 g/mol. The number of hydrogen-bond donors (Lipinski definition) is 1. The molecule has 1 aromatic heterocycles. The van der Waals surface area contributed by atoms with Crippen LogP contribution >= 0.6 is 0 Å². The predicted molar refractivity (Wildman–Crippen MR) is 114 cm³/mol. The van der Waals surface area contributed by atoms with E-state index in [-0.39, 0.29) is 5.43 Å². The molecule has 1 saturated heterocycles. The molecule has 152 valence electrons. The Kier molecular flexibility index (Phi) is 5.86. The van der Waals surface area contributed by atoms with Crippen molar-refractivity contribution in [1.82, 2.24) is 4.98 Å². The number of nitrogens with one attached hydrogen (secondary N) is 1. The van der Waals surface area contributed by atoms with Gasteiger partial charge in [-0.15, -0.1) is 0 Å². The van der Waals surface area contributed by atoms with Gasteiger partial charge in [0.05, 0.1) is 12.3 Å². The van der Waals surface area contributed by atoms with Crippen LogP contribution in [0.5, 0.6) is 11.5 Å². The summed E-state index contributed by atoms with van der Waals surface area (Å²) in [5, 5.41) is 0.717. The monoisotopic (exact) mass is 393 g/mol. The number of pyridine rings is 1. The zero-order chi connectivity index (χ0) is 20.2. The molecular weight excluding hydrogens is 366 g/mol. The number of H-pyrrole nitrogens is 1. The molecule has 0 spiro atoms. The Labute approximate surface area is 170 Å². The lowest BCUT2D eigenvalue weighted by molar-refractivity contribution is 0.0497. The van der Waals surface area contributed by atoms with Gasteiger partial charge in [0.2, 0.25) is 0 Å². The third kappa shape index (κ3) is 4.62. The van der Waals surface area contributed by atoms with Crippen molar-refractivity contribution in [2.45, 2.75) is 33.3 Å². The Hall–Kier alpha value is -2.79. The number of aromatic amines is 1. The Bertz CT molecular complexity index is 1050. The van der Waals surface area contributed by atoms with Crippen LogP contribution in [0, 0.1) is 19.8 Å². The summed E-state index contributed by atoms with van der Waals surface area (Å²) in [4.78, 5) is 16.0. The van der Waals surface area contributed by atoms with Crippen molar-refractivity contribution < 1.29 is 14.2 Å². The zero-order valence-corrected chi connectivity index (χ0v) is 17.0. The topological polar surface area (TPSA) is 60.6 Å². The minimum atomic E-state index is 0.0506. The molecule has 1 aliphatic rings. The Balaban J connectivity index is 1.44. The van der Waals surface area contributed by atoms with E-state index in [1.807, 2.05) is 56.3 Å². The van der Waals surface area contributed by atoms with E-state index in [1.54, 1.807) is 0 Å². The van der Waals surface area contributed by atoms with Gasteiger partial charge in [0.15, 0.2) is 5.43 Å². The van der Waals surface area contributed by atoms with Crippen LogP contribution in [0.25, 0.3) is 10.9 Å². The maximum Gasteiger partial charge on any atom is 0.192 e. The summed E-state index contributed by atoms with van der Waals surface area (Å²) in [5.41, 5.74) is 3.44. The normalized spacial score (nSPS) is 14.8. The van der Waals surface area contributed by atoms with Crippen molar-refractivity contribution in [3.05, 3.63) is 69.5 Å². The second kappa shape index (κ2) is 8.70. The van der Waals surface area contributed by atoms with E-state index in [1.165, 1.54) is 0 Å². The minimum absolute atomic E-state index is 0.0506. The van der Waals surface area contributed by atoms with Gasteiger partial charge in [0.25, 0.3) is 0 Å². The fourth-order valence-electron chi connectivity index (χ4n) is 3.63. The van der Waals surface area contributed by atoms with Crippen LogP contribution in [0.3, 0.4) is 0 Å². The molecule has 4 rings (SSSR count). The molecule has 1 N–H and O–H groups in total. The maximum atomic E-state index is 12.7. The smallest absolute Gasteiger partial charge is 0.192 e. The molecular formula is C24H27NO4. The summed E-state index contributed by atoms with van der Waals surface area (Å²) >= 11 is 0. The van der Waals surface area contributed by atoms with Gasteiger partial charge in [-0.05, 0) is 56.9 Å². The molecule has 1 fully saturated rings. The summed E-state index contributed by atoms with van der Waals surface area (Å²) in [6, 6.07) is 13.5. The number of rotatable bonds is 6. The fourth-order valence-corrected chi connectivity index (χ4v) is 3.63. The highest BCUT2D eigenvalue weighted by Crippen LogP contribution is 2.23. The van der Waals surface area contributed by atoms with E-state index in [0.717, 1.165) is 59.7 Å². The summed E-state index contributed by atoms with van der Waals surface area (Å²) in [6.07, 6.45) is 2.09. The Morgan fingerprint density at radius 3 is 2.59 bits per heavy atom. The van der Waals surface area contributed by atoms with E-state index in [4.69, 9.17) is 14.2 Å². The van der Waals surface area contributed by atoms with Crippen molar-refractivity contribution in [2.24, 2.45) is 5.92 Å². The SMILES string of the molecule is Cc1ccc2[nH]c(COc3cccc(OCC4CCOCC4)c3)c(C)c(=O)c2c1. The van der Waals surface area contributed by atoms with Crippen molar-refractivity contribution in [3.63, 3.8) is 0 Å². The van der Waals surface area contributed by atoms with Crippen LogP contribution in [0.4, 0.5) is 0 Å². The molecule has 0 aliphatic carbocycles. The molecule has 0 bridgehead atoms. The maximum absolute atomic E-state index is 12.7. The quantitative estimate of drug-likeness (QED) is 0.668. The lowest BCUT2D eigenvalue weighted by atomic mass is 10.0. The van der Waals surface area contributed by atoms with Crippen molar-refractivity contribution in [2.75, 3.05) is 19.8 Å². The van der Waals surface area contributed by atoms with Crippen molar-refractivity contribution in [3.8, 4) is 11.5 Å². The molecule has 2 heterocycles. The van der Waals surface area contributed by atoms with Crippen LogP contribution in [0.15, 0.2) is 47.3 Å². The van der Waals surface area contributed by atoms with Gasteiger partial charge in [-0.25, -0.2) is 0 Å². The first-order chi connectivity index (χ1) is 14.1. The average Bonchev–Trinajstić information content (AvgIpc) is 2.75. The van der Waals surface area contributed by atoms with Gasteiger partial charge in [-0.1, -0.05) is 17.7 Å². The van der Waals surface area contributed by atoms with Gasteiger partial charge in [-0.3, -0.25) is 4.79 Å². The number of fused-ring (bicyclic) bond motifs is 1. The van der Waals surface area contributed by atoms with Crippen LogP contribution < -0.4 is 14.9 Å². The number of aromatic nitrogens is 1. The van der Waals surface area contributed by atoms with Crippen LogP contribution in [0.1, 0.15) is 29.7 Å². The van der Waals surface area contributed by atoms with Gasteiger partial charge < -0.3 is 19.2 Å². The molecule has 1 aliphatic heterocycles. The van der Waals surface area contributed by atoms with E-state index in [9.17, 15) is 4.79 Å². The van der Waals surface area contributed by atoms with Crippen molar-refractivity contribution >= 4 is 10.9 Å². The minimum Gasteiger partial charge on any atom is -0.493 e. The Morgan fingerprint density at radius 2 is 1.79 bits per heavy atom. The van der Waals surface area contributed by atoms with Crippen molar-refractivity contribution in [1.29, 1.82) is 0 Å². The summed E-state index contributed by atoms with van der Waals surface area (Å²) in [6.45, 7) is 6.47. The van der Waals surface area contributed by atoms with Crippen LogP contribution in [-0.4, -0.2) is 24.8 Å². The molecule has 0 unspecified atom stereocenters. The molecule has 29 heavy (non-hydrogen) atoms. The molecule has 5 heteroatoms. The standard InChI is InChI=1S/C24H27NO4/c1-16-6-7-22-21(12-16)24(26)17(2)23(25-22)15-29-20-5-3-4-19(13-20)28-14-18-8-10-27-11-9-18/h3-7,12-13,18H,8-11,14-15H2,1-2H3,(H,25,26). The molecule has 0 amide bonds. The van der Waals surface area contributed by atoms with Crippen LogP contribution in [0.2, 0.25) is 0 Å². The summed E-state index contributed by atoms with van der Waals surface area (Å²) in [5.74, 6) is 2.06. The first-order valence-corrected chi connectivity index (χ1v) is 10.2. The number of benzene rings is 2. The highest BCUT2D eigenvalue weighted by atomic mass is 16.5. The van der Waals surface area contributed by atoms with E-state index in [2.05, 4.69) is 4.98 Å². The van der Waals surface area contributed by atoms with Gasteiger partial charge >= 0.3 is 0 Å². The molecule has 3 aromatic rings. The molecule has 0 saturated carbocycles. The first kappa shape index (κ1) is 19.5. The third-order valence-corrected chi connectivity index (χ3v) is 5.51. The second-order valence-electron chi connectivity index (χ2n) is 7.74. The molecule has 0 atom stereocenters. The highest BCUT2D eigenvalue weighted by Gasteiger charge is 2.14. The number of aryl methyl sites for hydroxylation is 1. The van der Waals surface area contributed by atoms with Gasteiger partial charge in [0, 0.05) is 35.7 Å². The number of ether oxygens (including phenoxy) is 3. The summed E-state index contributed by atoms with van der Waals surface area (Å²) in [7, 11) is 0.